The standard InChI is InChI=1S/C13H13NO2/c1-9-7-14-8-12(9)10-3-5-11(6-4-10)13(15)16-2/h3-8,14H,1-2H3. The maximum atomic E-state index is 11.2. The van der Waals surface area contributed by atoms with Crippen molar-refractivity contribution in [3.63, 3.8) is 0 Å². The molecule has 2 aromatic rings. The third kappa shape index (κ3) is 1.84. The highest BCUT2D eigenvalue weighted by molar-refractivity contribution is 5.90. The Kier molecular flexibility index (Phi) is 2.77. The fourth-order valence-corrected chi connectivity index (χ4v) is 1.66. The molecule has 0 radical (unpaired) electrons. The molecule has 2 rings (SSSR count). The molecule has 0 saturated carbocycles. The Balaban J connectivity index is 2.33. The summed E-state index contributed by atoms with van der Waals surface area (Å²) in [6.07, 6.45) is 3.89. The second-order valence-electron chi connectivity index (χ2n) is 3.62. The second-order valence-corrected chi connectivity index (χ2v) is 3.62. The van der Waals surface area contributed by atoms with E-state index in [2.05, 4.69) is 9.72 Å². The lowest BCUT2D eigenvalue weighted by atomic mass is 10.0. The van der Waals surface area contributed by atoms with Gasteiger partial charge in [-0.25, -0.2) is 4.79 Å². The quantitative estimate of drug-likeness (QED) is 0.783. The van der Waals surface area contributed by atoms with Crippen LogP contribution in [0, 0.1) is 6.92 Å². The van der Waals surface area contributed by atoms with Crippen LogP contribution in [0.25, 0.3) is 11.1 Å². The Morgan fingerprint density at radius 2 is 1.88 bits per heavy atom. The second kappa shape index (κ2) is 4.23. The number of benzene rings is 1. The van der Waals surface area contributed by atoms with Crippen molar-refractivity contribution < 1.29 is 9.53 Å². The minimum Gasteiger partial charge on any atom is -0.465 e. The molecule has 0 aliphatic rings. The summed E-state index contributed by atoms with van der Waals surface area (Å²) in [4.78, 5) is 14.3. The SMILES string of the molecule is COC(=O)c1ccc(-c2c[nH]cc2C)cc1. The van der Waals surface area contributed by atoms with Crippen molar-refractivity contribution in [3.05, 3.63) is 47.8 Å². The first kappa shape index (κ1) is 10.5. The number of aromatic amines is 1. The van der Waals surface area contributed by atoms with Crippen molar-refractivity contribution in [3.8, 4) is 11.1 Å². The molecule has 16 heavy (non-hydrogen) atoms. The summed E-state index contributed by atoms with van der Waals surface area (Å²) in [5.74, 6) is -0.308. The summed E-state index contributed by atoms with van der Waals surface area (Å²) >= 11 is 0. The molecule has 0 aliphatic carbocycles. The molecule has 3 heteroatoms. The average Bonchev–Trinajstić information content (AvgIpc) is 2.75. The van der Waals surface area contributed by atoms with E-state index in [1.54, 1.807) is 12.1 Å². The number of aryl methyl sites for hydroxylation is 1. The van der Waals surface area contributed by atoms with Crippen LogP contribution in [0.15, 0.2) is 36.7 Å². The minimum atomic E-state index is -0.308. The van der Waals surface area contributed by atoms with Crippen molar-refractivity contribution in [1.29, 1.82) is 0 Å². The van der Waals surface area contributed by atoms with E-state index in [0.29, 0.717) is 5.56 Å². The molecule has 0 fully saturated rings. The lowest BCUT2D eigenvalue weighted by Crippen LogP contribution is -2.00. The van der Waals surface area contributed by atoms with E-state index in [1.165, 1.54) is 12.7 Å². The van der Waals surface area contributed by atoms with Crippen molar-refractivity contribution >= 4 is 5.97 Å². The normalized spacial score (nSPS) is 10.1. The van der Waals surface area contributed by atoms with Crippen LogP contribution >= 0.6 is 0 Å². The number of aromatic nitrogens is 1. The van der Waals surface area contributed by atoms with Crippen LogP contribution in [0.2, 0.25) is 0 Å². The van der Waals surface area contributed by atoms with Crippen molar-refractivity contribution in [2.24, 2.45) is 0 Å². The molecule has 0 bridgehead atoms. The molecule has 1 N–H and O–H groups in total. The molecule has 0 saturated heterocycles. The van der Waals surface area contributed by atoms with Gasteiger partial charge in [-0.3, -0.25) is 0 Å². The highest BCUT2D eigenvalue weighted by atomic mass is 16.5. The average molecular weight is 215 g/mol. The maximum absolute atomic E-state index is 11.2. The van der Waals surface area contributed by atoms with Crippen LogP contribution in [0.3, 0.4) is 0 Å². The van der Waals surface area contributed by atoms with Crippen LogP contribution in [-0.2, 0) is 4.74 Å². The van der Waals surface area contributed by atoms with Gasteiger partial charge in [0.1, 0.15) is 0 Å². The summed E-state index contributed by atoms with van der Waals surface area (Å²) in [5.41, 5.74) is 3.99. The van der Waals surface area contributed by atoms with E-state index >= 15 is 0 Å². The number of esters is 1. The Hall–Kier alpha value is -2.03. The maximum Gasteiger partial charge on any atom is 0.337 e. The van der Waals surface area contributed by atoms with Gasteiger partial charge in [-0.2, -0.15) is 0 Å². The number of rotatable bonds is 2. The lowest BCUT2D eigenvalue weighted by Gasteiger charge is -2.02. The first-order chi connectivity index (χ1) is 7.72. The molecule has 0 aliphatic heterocycles. The summed E-state index contributed by atoms with van der Waals surface area (Å²) in [7, 11) is 1.38. The topological polar surface area (TPSA) is 42.1 Å². The molecule has 82 valence electrons. The van der Waals surface area contributed by atoms with Crippen LogP contribution < -0.4 is 0 Å². The van der Waals surface area contributed by atoms with E-state index in [-0.39, 0.29) is 5.97 Å². The number of hydrogen-bond donors (Lipinski definition) is 1. The number of carbonyl (C=O) groups is 1. The van der Waals surface area contributed by atoms with Crippen molar-refractivity contribution in [2.75, 3.05) is 7.11 Å². The lowest BCUT2D eigenvalue weighted by molar-refractivity contribution is 0.0601. The van der Waals surface area contributed by atoms with Crippen LogP contribution in [-0.4, -0.2) is 18.1 Å². The van der Waals surface area contributed by atoms with Gasteiger partial charge in [-0.1, -0.05) is 12.1 Å². The number of carbonyl (C=O) groups excluding carboxylic acids is 1. The van der Waals surface area contributed by atoms with Gasteiger partial charge in [0.25, 0.3) is 0 Å². The highest BCUT2D eigenvalue weighted by Gasteiger charge is 2.06. The van der Waals surface area contributed by atoms with Crippen LogP contribution in [0.1, 0.15) is 15.9 Å². The zero-order valence-corrected chi connectivity index (χ0v) is 9.28. The third-order valence-corrected chi connectivity index (χ3v) is 2.57. The Morgan fingerprint density at radius 1 is 1.19 bits per heavy atom. The number of nitrogens with one attached hydrogen (secondary N) is 1. The smallest absolute Gasteiger partial charge is 0.337 e. The Bertz CT molecular complexity index is 497. The van der Waals surface area contributed by atoms with E-state index in [1.807, 2.05) is 31.5 Å². The molecule has 0 spiro atoms. The summed E-state index contributed by atoms with van der Waals surface area (Å²) in [5, 5.41) is 0. The van der Waals surface area contributed by atoms with Gasteiger partial charge in [0.2, 0.25) is 0 Å². The largest absolute Gasteiger partial charge is 0.465 e. The predicted octanol–water partition coefficient (Wildman–Crippen LogP) is 2.78. The molecule has 3 nitrogen and oxygen atoms in total. The minimum absolute atomic E-state index is 0.308. The Labute approximate surface area is 94.1 Å². The number of H-pyrrole nitrogens is 1. The van der Waals surface area contributed by atoms with Crippen LogP contribution in [0.5, 0.6) is 0 Å². The van der Waals surface area contributed by atoms with Crippen molar-refractivity contribution in [2.45, 2.75) is 6.92 Å². The molecule has 1 aromatic carbocycles. The number of ether oxygens (including phenoxy) is 1. The molecule has 1 heterocycles. The molecular weight excluding hydrogens is 202 g/mol. The van der Waals surface area contributed by atoms with Gasteiger partial charge in [-0.05, 0) is 30.2 Å². The van der Waals surface area contributed by atoms with E-state index in [9.17, 15) is 4.79 Å². The first-order valence-electron chi connectivity index (χ1n) is 5.04. The number of methoxy groups -OCH3 is 1. The fraction of sp³-hybridized carbons (Fsp3) is 0.154. The van der Waals surface area contributed by atoms with E-state index < -0.39 is 0 Å². The first-order valence-corrected chi connectivity index (χ1v) is 5.04. The highest BCUT2D eigenvalue weighted by Crippen LogP contribution is 2.23. The molecular formula is C13H13NO2. The van der Waals surface area contributed by atoms with Gasteiger partial charge < -0.3 is 9.72 Å². The Morgan fingerprint density at radius 3 is 2.38 bits per heavy atom. The zero-order chi connectivity index (χ0) is 11.5. The van der Waals surface area contributed by atoms with Gasteiger partial charge in [0.15, 0.2) is 0 Å². The third-order valence-electron chi connectivity index (χ3n) is 2.57. The van der Waals surface area contributed by atoms with Crippen molar-refractivity contribution in [1.82, 2.24) is 4.98 Å². The molecule has 0 unspecified atom stereocenters. The fourth-order valence-electron chi connectivity index (χ4n) is 1.66. The van der Waals surface area contributed by atoms with Gasteiger partial charge in [0, 0.05) is 18.0 Å². The summed E-state index contributed by atoms with van der Waals surface area (Å²) < 4.78 is 4.65. The molecule has 1 aromatic heterocycles. The van der Waals surface area contributed by atoms with E-state index in [4.69, 9.17) is 0 Å². The number of hydrogen-bond acceptors (Lipinski definition) is 2. The molecule has 0 amide bonds. The van der Waals surface area contributed by atoms with Gasteiger partial charge in [-0.15, -0.1) is 0 Å². The summed E-state index contributed by atoms with van der Waals surface area (Å²) in [6, 6.07) is 7.38. The van der Waals surface area contributed by atoms with Crippen LogP contribution in [0.4, 0.5) is 0 Å². The zero-order valence-electron chi connectivity index (χ0n) is 9.28. The predicted molar refractivity (Wildman–Crippen MR) is 62.3 cm³/mol. The molecule has 0 atom stereocenters. The van der Waals surface area contributed by atoms with Gasteiger partial charge in [0.05, 0.1) is 12.7 Å². The van der Waals surface area contributed by atoms with E-state index in [0.717, 1.165) is 11.1 Å². The summed E-state index contributed by atoms with van der Waals surface area (Å²) in [6.45, 7) is 2.04. The van der Waals surface area contributed by atoms with Gasteiger partial charge >= 0.3 is 5.97 Å². The monoisotopic (exact) mass is 215 g/mol.